The summed E-state index contributed by atoms with van der Waals surface area (Å²) in [6.45, 7) is 1.48. The van der Waals surface area contributed by atoms with Gasteiger partial charge in [0, 0.05) is 51.3 Å². The summed E-state index contributed by atoms with van der Waals surface area (Å²) in [5.74, 6) is -0.592. The van der Waals surface area contributed by atoms with Gasteiger partial charge in [0.25, 0.3) is 5.91 Å². The third-order valence-electron chi connectivity index (χ3n) is 6.08. The first-order valence-electron chi connectivity index (χ1n) is 10.5. The van der Waals surface area contributed by atoms with Crippen LogP contribution in [0, 0.1) is 11.8 Å². The number of nitrogens with two attached hydrogens (primary N) is 1. The second kappa shape index (κ2) is 9.07. The van der Waals surface area contributed by atoms with E-state index in [1.54, 1.807) is 16.8 Å². The van der Waals surface area contributed by atoms with Gasteiger partial charge < -0.3 is 23.8 Å². The zero-order valence-corrected chi connectivity index (χ0v) is 19.4. The van der Waals surface area contributed by atoms with E-state index in [2.05, 4.69) is 4.74 Å². The number of ether oxygens (including phenoxy) is 2. The molecule has 0 aliphatic carbocycles. The SMILES string of the molecule is Cn1cc(S(N)(=O)=O)cc1C(=O)N1CC2CN(C(=O)OCc3ccc(OC(F)(F)F)cc3)CC2C1. The number of aryl methyl sites for hydroxylation is 1. The topological polar surface area (TPSA) is 124 Å². The average Bonchev–Trinajstić information content (AvgIpc) is 3.44. The molecule has 190 valence electrons. The lowest BCUT2D eigenvalue weighted by atomic mass is 10.0. The van der Waals surface area contributed by atoms with Crippen molar-refractivity contribution in [3.8, 4) is 5.75 Å². The Kier molecular flexibility index (Phi) is 6.44. The number of sulfonamides is 1. The number of primary sulfonamides is 1. The van der Waals surface area contributed by atoms with Gasteiger partial charge in [0.2, 0.25) is 10.0 Å². The van der Waals surface area contributed by atoms with Gasteiger partial charge in [-0.25, -0.2) is 18.4 Å². The monoisotopic (exact) mass is 516 g/mol. The van der Waals surface area contributed by atoms with E-state index < -0.39 is 22.5 Å². The Morgan fingerprint density at radius 3 is 2.14 bits per heavy atom. The van der Waals surface area contributed by atoms with Gasteiger partial charge in [-0.1, -0.05) is 12.1 Å². The molecule has 1 aromatic carbocycles. The van der Waals surface area contributed by atoms with Crippen LogP contribution in [0.15, 0.2) is 41.4 Å². The predicted molar refractivity (Wildman–Crippen MR) is 115 cm³/mol. The molecule has 0 spiro atoms. The minimum Gasteiger partial charge on any atom is -0.445 e. The predicted octanol–water partition coefficient (Wildman–Crippen LogP) is 1.91. The van der Waals surface area contributed by atoms with Crippen molar-refractivity contribution in [2.45, 2.75) is 17.9 Å². The fourth-order valence-electron chi connectivity index (χ4n) is 4.40. The Labute approximate surface area is 199 Å². The molecule has 2 aliphatic rings. The van der Waals surface area contributed by atoms with Gasteiger partial charge in [0.1, 0.15) is 22.9 Å². The highest BCUT2D eigenvalue weighted by molar-refractivity contribution is 7.89. The number of aromatic nitrogens is 1. The zero-order valence-electron chi connectivity index (χ0n) is 18.6. The van der Waals surface area contributed by atoms with Gasteiger partial charge in [-0.2, -0.15) is 0 Å². The molecule has 0 saturated carbocycles. The highest BCUT2D eigenvalue weighted by atomic mass is 32.2. The molecule has 2 saturated heterocycles. The van der Waals surface area contributed by atoms with Crippen LogP contribution >= 0.6 is 0 Å². The van der Waals surface area contributed by atoms with Crippen molar-refractivity contribution in [2.24, 2.45) is 24.0 Å². The third-order valence-corrected chi connectivity index (χ3v) is 6.96. The molecule has 2 atom stereocenters. The van der Waals surface area contributed by atoms with Crippen LogP contribution in [0.5, 0.6) is 5.75 Å². The van der Waals surface area contributed by atoms with Crippen molar-refractivity contribution in [3.63, 3.8) is 0 Å². The Balaban J connectivity index is 1.28. The largest absolute Gasteiger partial charge is 0.573 e. The molecule has 2 N–H and O–H groups in total. The maximum absolute atomic E-state index is 12.9. The van der Waals surface area contributed by atoms with Crippen LogP contribution < -0.4 is 9.88 Å². The first-order valence-corrected chi connectivity index (χ1v) is 12.1. The van der Waals surface area contributed by atoms with Gasteiger partial charge in [0.15, 0.2) is 0 Å². The molecule has 4 rings (SSSR count). The molecule has 0 radical (unpaired) electrons. The first-order chi connectivity index (χ1) is 16.3. The van der Waals surface area contributed by atoms with Crippen LogP contribution in [-0.4, -0.2) is 67.3 Å². The van der Waals surface area contributed by atoms with Crippen LogP contribution in [-0.2, 0) is 28.4 Å². The molecule has 2 amide bonds. The highest BCUT2D eigenvalue weighted by Crippen LogP contribution is 2.32. The summed E-state index contributed by atoms with van der Waals surface area (Å²) in [4.78, 5) is 28.4. The molecule has 2 aliphatic heterocycles. The van der Waals surface area contributed by atoms with Crippen molar-refractivity contribution < 1.29 is 40.7 Å². The number of amides is 2. The molecule has 2 aromatic rings. The maximum Gasteiger partial charge on any atom is 0.573 e. The third kappa shape index (κ3) is 5.70. The molecule has 10 nitrogen and oxygen atoms in total. The molecule has 14 heteroatoms. The molecule has 0 bridgehead atoms. The number of fused-ring (bicyclic) bond motifs is 1. The van der Waals surface area contributed by atoms with E-state index in [1.165, 1.54) is 29.0 Å². The van der Waals surface area contributed by atoms with Gasteiger partial charge in [-0.05, 0) is 23.8 Å². The number of carbonyl (C=O) groups is 2. The minimum atomic E-state index is -4.78. The van der Waals surface area contributed by atoms with Gasteiger partial charge in [-0.15, -0.1) is 13.2 Å². The molecular formula is C21H23F3N4O6S. The van der Waals surface area contributed by atoms with Gasteiger partial charge >= 0.3 is 12.5 Å². The smallest absolute Gasteiger partial charge is 0.445 e. The van der Waals surface area contributed by atoms with Crippen LogP contribution in [0.4, 0.5) is 18.0 Å². The number of alkyl halides is 3. The molecular weight excluding hydrogens is 493 g/mol. The van der Waals surface area contributed by atoms with E-state index in [4.69, 9.17) is 9.88 Å². The van der Waals surface area contributed by atoms with Crippen LogP contribution in [0.2, 0.25) is 0 Å². The number of nitrogens with zero attached hydrogens (tertiary/aromatic N) is 3. The molecule has 3 heterocycles. The summed E-state index contributed by atoms with van der Waals surface area (Å²) in [6.07, 6.45) is -4.04. The average molecular weight is 516 g/mol. The minimum absolute atomic E-state index is 0.0447. The number of hydrogen-bond acceptors (Lipinski definition) is 6. The zero-order chi connectivity index (χ0) is 25.5. The number of likely N-dealkylation sites (tertiary alicyclic amines) is 2. The second-order valence-corrected chi connectivity index (χ2v) is 10.2. The van der Waals surface area contributed by atoms with Crippen molar-refractivity contribution in [1.82, 2.24) is 14.4 Å². The van der Waals surface area contributed by atoms with E-state index in [9.17, 15) is 31.2 Å². The Morgan fingerprint density at radius 2 is 1.63 bits per heavy atom. The summed E-state index contributed by atoms with van der Waals surface area (Å²) in [5.41, 5.74) is 0.711. The summed E-state index contributed by atoms with van der Waals surface area (Å²) < 4.78 is 70.3. The molecule has 1 aromatic heterocycles. The molecule has 2 unspecified atom stereocenters. The van der Waals surface area contributed by atoms with E-state index in [-0.39, 0.29) is 40.7 Å². The van der Waals surface area contributed by atoms with Crippen molar-refractivity contribution in [3.05, 3.63) is 47.8 Å². The highest BCUT2D eigenvalue weighted by Gasteiger charge is 2.44. The van der Waals surface area contributed by atoms with E-state index in [0.29, 0.717) is 31.7 Å². The number of rotatable bonds is 5. The summed E-state index contributed by atoms with van der Waals surface area (Å²) in [6, 6.07) is 6.28. The summed E-state index contributed by atoms with van der Waals surface area (Å²) >= 11 is 0. The summed E-state index contributed by atoms with van der Waals surface area (Å²) in [7, 11) is -2.37. The fraction of sp³-hybridized carbons (Fsp3) is 0.429. The van der Waals surface area contributed by atoms with E-state index >= 15 is 0 Å². The number of halogens is 3. The maximum atomic E-state index is 12.9. The van der Waals surface area contributed by atoms with Gasteiger partial charge in [-0.3, -0.25) is 4.79 Å². The normalized spacial score (nSPS) is 20.1. The molecule has 35 heavy (non-hydrogen) atoms. The number of benzene rings is 1. The Bertz CT molecular complexity index is 1210. The number of carbonyl (C=O) groups excluding carboxylic acids is 2. The molecule has 2 fully saturated rings. The van der Waals surface area contributed by atoms with Crippen LogP contribution in [0.3, 0.4) is 0 Å². The van der Waals surface area contributed by atoms with Gasteiger partial charge in [0.05, 0.1) is 0 Å². The number of hydrogen-bond donors (Lipinski definition) is 1. The van der Waals surface area contributed by atoms with Crippen molar-refractivity contribution >= 4 is 22.0 Å². The quantitative estimate of drug-likeness (QED) is 0.648. The van der Waals surface area contributed by atoms with Crippen molar-refractivity contribution in [2.75, 3.05) is 26.2 Å². The Hall–Kier alpha value is -3.26. The summed E-state index contributed by atoms with van der Waals surface area (Å²) in [5, 5.41) is 5.14. The van der Waals surface area contributed by atoms with E-state index in [0.717, 1.165) is 12.1 Å². The lowest BCUT2D eigenvalue weighted by Gasteiger charge is -2.21. The van der Waals surface area contributed by atoms with Crippen LogP contribution in [0.25, 0.3) is 0 Å². The lowest BCUT2D eigenvalue weighted by molar-refractivity contribution is -0.274. The lowest BCUT2D eigenvalue weighted by Crippen LogP contribution is -2.36. The Morgan fingerprint density at radius 1 is 1.06 bits per heavy atom. The van der Waals surface area contributed by atoms with E-state index in [1.807, 2.05) is 0 Å². The van der Waals surface area contributed by atoms with Crippen LogP contribution in [0.1, 0.15) is 16.1 Å². The standard InChI is InChI=1S/C21H23F3N4O6S/c1-26-11-17(35(25,31)32)6-18(26)19(29)27-7-14-9-28(10-15(14)8-27)20(30)33-12-13-2-4-16(5-3-13)34-21(22,23)24/h2-6,11,14-15H,7-10,12H2,1H3,(H2,25,31,32). The fourth-order valence-corrected chi connectivity index (χ4v) is 4.98. The van der Waals surface area contributed by atoms with Crippen molar-refractivity contribution in [1.29, 1.82) is 0 Å². The first kappa shape index (κ1) is 24.9. The second-order valence-electron chi connectivity index (χ2n) is 8.60.